The number of sulfone groups is 1. The summed E-state index contributed by atoms with van der Waals surface area (Å²) in [6.07, 6.45) is 2.50. The summed E-state index contributed by atoms with van der Waals surface area (Å²) in [6, 6.07) is 0. The Hall–Kier alpha value is -0.710. The molecule has 3 N–H and O–H groups in total. The van der Waals surface area contributed by atoms with Crippen LogP contribution in [0, 0.1) is 5.92 Å². The van der Waals surface area contributed by atoms with Gasteiger partial charge in [-0.25, -0.2) is 18.3 Å². The SMILES string of the molecule is CC(C(=O)N1CCCC(CNS(N)(=O)=O)C1)S(C)(=O)=O. The Morgan fingerprint density at radius 3 is 2.50 bits per heavy atom. The number of hydrogen-bond acceptors (Lipinski definition) is 5. The number of likely N-dealkylation sites (tertiary alicyclic amines) is 1. The van der Waals surface area contributed by atoms with E-state index in [0.29, 0.717) is 19.5 Å². The van der Waals surface area contributed by atoms with Crippen LogP contribution >= 0.6 is 0 Å². The molecule has 2 atom stereocenters. The quantitative estimate of drug-likeness (QED) is 0.632. The molecule has 0 aromatic heterocycles. The molecule has 1 fully saturated rings. The second-order valence-electron chi connectivity index (χ2n) is 5.16. The summed E-state index contributed by atoms with van der Waals surface area (Å²) < 4.78 is 46.7. The van der Waals surface area contributed by atoms with Crippen molar-refractivity contribution < 1.29 is 21.6 Å². The lowest BCUT2D eigenvalue weighted by Gasteiger charge is -2.34. The highest BCUT2D eigenvalue weighted by Gasteiger charge is 2.31. The van der Waals surface area contributed by atoms with Gasteiger partial charge in [-0.2, -0.15) is 8.42 Å². The number of carbonyl (C=O) groups excluding carboxylic acids is 1. The number of amides is 1. The molecule has 0 aromatic carbocycles. The normalized spacial score (nSPS) is 22.6. The third-order valence-electron chi connectivity index (χ3n) is 3.39. The van der Waals surface area contributed by atoms with Crippen LogP contribution < -0.4 is 9.86 Å². The van der Waals surface area contributed by atoms with Crippen molar-refractivity contribution in [2.75, 3.05) is 25.9 Å². The molecule has 1 heterocycles. The number of hydrogen-bond donors (Lipinski definition) is 2. The van der Waals surface area contributed by atoms with Gasteiger partial charge in [-0.15, -0.1) is 0 Å². The number of nitrogens with one attached hydrogen (secondary N) is 1. The summed E-state index contributed by atoms with van der Waals surface area (Å²) in [7, 11) is -7.18. The molecule has 0 aliphatic carbocycles. The molecule has 1 aliphatic rings. The summed E-state index contributed by atoms with van der Waals surface area (Å²) in [4.78, 5) is 13.6. The maximum Gasteiger partial charge on any atom is 0.274 e. The van der Waals surface area contributed by atoms with Gasteiger partial charge in [0.1, 0.15) is 5.25 Å². The lowest BCUT2D eigenvalue weighted by atomic mass is 9.98. The molecule has 118 valence electrons. The van der Waals surface area contributed by atoms with Gasteiger partial charge in [0.25, 0.3) is 10.2 Å². The first-order valence-electron chi connectivity index (χ1n) is 6.25. The predicted molar refractivity (Wildman–Crippen MR) is 74.7 cm³/mol. The van der Waals surface area contributed by atoms with E-state index in [2.05, 4.69) is 4.72 Å². The van der Waals surface area contributed by atoms with Crippen molar-refractivity contribution in [1.29, 1.82) is 0 Å². The highest BCUT2D eigenvalue weighted by molar-refractivity contribution is 7.92. The minimum Gasteiger partial charge on any atom is -0.341 e. The molecule has 0 spiro atoms. The highest BCUT2D eigenvalue weighted by atomic mass is 32.2. The first-order valence-corrected chi connectivity index (χ1v) is 9.76. The minimum atomic E-state index is -3.75. The Bertz CT molecular complexity index is 557. The lowest BCUT2D eigenvalue weighted by Crippen LogP contribution is -2.48. The van der Waals surface area contributed by atoms with E-state index in [1.54, 1.807) is 0 Å². The number of piperidine rings is 1. The van der Waals surface area contributed by atoms with E-state index in [-0.39, 0.29) is 12.5 Å². The largest absolute Gasteiger partial charge is 0.341 e. The van der Waals surface area contributed by atoms with E-state index in [0.717, 1.165) is 12.7 Å². The molecular formula is C10H21N3O5S2. The van der Waals surface area contributed by atoms with Gasteiger partial charge in [0, 0.05) is 25.9 Å². The van der Waals surface area contributed by atoms with Crippen molar-refractivity contribution in [3.05, 3.63) is 0 Å². The van der Waals surface area contributed by atoms with Crippen LogP contribution in [0.4, 0.5) is 0 Å². The van der Waals surface area contributed by atoms with E-state index in [1.165, 1.54) is 11.8 Å². The van der Waals surface area contributed by atoms with Crippen molar-refractivity contribution in [1.82, 2.24) is 9.62 Å². The van der Waals surface area contributed by atoms with Gasteiger partial charge in [-0.1, -0.05) is 0 Å². The van der Waals surface area contributed by atoms with E-state index in [9.17, 15) is 21.6 Å². The van der Waals surface area contributed by atoms with Crippen LogP contribution in [-0.2, 0) is 24.8 Å². The Morgan fingerprint density at radius 2 is 2.00 bits per heavy atom. The van der Waals surface area contributed by atoms with Crippen LogP contribution in [0.5, 0.6) is 0 Å². The van der Waals surface area contributed by atoms with Crippen LogP contribution in [-0.4, -0.2) is 58.8 Å². The van der Waals surface area contributed by atoms with Crippen LogP contribution in [0.3, 0.4) is 0 Å². The molecule has 10 heteroatoms. The Kier molecular flexibility index (Phi) is 5.53. The van der Waals surface area contributed by atoms with Crippen LogP contribution in [0.2, 0.25) is 0 Å². The van der Waals surface area contributed by atoms with Gasteiger partial charge in [-0.05, 0) is 25.7 Å². The van der Waals surface area contributed by atoms with Crippen molar-refractivity contribution in [3.8, 4) is 0 Å². The number of carbonyl (C=O) groups is 1. The van der Waals surface area contributed by atoms with Crippen molar-refractivity contribution >= 4 is 26.0 Å². The fraction of sp³-hybridized carbons (Fsp3) is 0.900. The van der Waals surface area contributed by atoms with E-state index in [4.69, 9.17) is 5.14 Å². The summed E-state index contributed by atoms with van der Waals surface area (Å²) >= 11 is 0. The van der Waals surface area contributed by atoms with Gasteiger partial charge >= 0.3 is 0 Å². The van der Waals surface area contributed by atoms with E-state index >= 15 is 0 Å². The Labute approximate surface area is 119 Å². The van der Waals surface area contributed by atoms with Gasteiger partial charge in [0.05, 0.1) is 0 Å². The second kappa shape index (κ2) is 6.37. The van der Waals surface area contributed by atoms with Gasteiger partial charge in [-0.3, -0.25) is 4.79 Å². The third kappa shape index (κ3) is 5.35. The maximum absolute atomic E-state index is 12.1. The molecule has 20 heavy (non-hydrogen) atoms. The average molecular weight is 327 g/mol. The molecule has 0 bridgehead atoms. The average Bonchev–Trinajstić information content (AvgIpc) is 2.33. The highest BCUT2D eigenvalue weighted by Crippen LogP contribution is 2.18. The standard InChI is InChI=1S/C10H21N3O5S2/c1-8(19(2,15)16)10(14)13-5-3-4-9(7-13)6-12-20(11,17)18/h8-9,12H,3-7H2,1-2H3,(H2,11,17,18). The molecule has 1 aliphatic heterocycles. The smallest absolute Gasteiger partial charge is 0.274 e. The van der Waals surface area contributed by atoms with Gasteiger partial charge < -0.3 is 4.90 Å². The first kappa shape index (κ1) is 17.3. The van der Waals surface area contributed by atoms with Gasteiger partial charge in [0.2, 0.25) is 5.91 Å². The number of nitrogens with two attached hydrogens (primary N) is 1. The fourth-order valence-corrected chi connectivity index (χ4v) is 3.09. The maximum atomic E-state index is 12.1. The zero-order valence-electron chi connectivity index (χ0n) is 11.6. The first-order chi connectivity index (χ1) is 9.00. The van der Waals surface area contributed by atoms with Crippen LogP contribution in [0.25, 0.3) is 0 Å². The lowest BCUT2D eigenvalue weighted by molar-refractivity contribution is -0.132. The molecule has 1 rings (SSSR count). The molecule has 1 amide bonds. The molecule has 0 saturated carbocycles. The van der Waals surface area contributed by atoms with E-state index in [1.807, 2.05) is 0 Å². The van der Waals surface area contributed by atoms with Crippen molar-refractivity contribution in [3.63, 3.8) is 0 Å². The minimum absolute atomic E-state index is 0.0576. The molecule has 1 saturated heterocycles. The summed E-state index contributed by atoms with van der Waals surface area (Å²) in [5.74, 6) is -0.495. The summed E-state index contributed by atoms with van der Waals surface area (Å²) in [6.45, 7) is 2.34. The van der Waals surface area contributed by atoms with Crippen LogP contribution in [0.1, 0.15) is 19.8 Å². The predicted octanol–water partition coefficient (Wildman–Crippen LogP) is -1.55. The van der Waals surface area contributed by atoms with E-state index < -0.39 is 31.2 Å². The summed E-state index contributed by atoms with van der Waals surface area (Å²) in [5, 5.41) is 3.78. The Balaban J connectivity index is 2.63. The molecule has 0 aromatic rings. The Morgan fingerprint density at radius 1 is 1.40 bits per heavy atom. The van der Waals surface area contributed by atoms with Crippen molar-refractivity contribution in [2.45, 2.75) is 25.0 Å². The topological polar surface area (TPSA) is 127 Å². The third-order valence-corrected chi connectivity index (χ3v) is 5.45. The molecular weight excluding hydrogens is 306 g/mol. The summed E-state index contributed by atoms with van der Waals surface area (Å²) in [5.41, 5.74) is 0. The molecule has 0 radical (unpaired) electrons. The zero-order chi connectivity index (χ0) is 15.6. The van der Waals surface area contributed by atoms with Gasteiger partial charge in [0.15, 0.2) is 9.84 Å². The second-order valence-corrected chi connectivity index (χ2v) is 8.90. The zero-order valence-corrected chi connectivity index (χ0v) is 13.2. The number of nitrogens with zero attached hydrogens (tertiary/aromatic N) is 1. The fourth-order valence-electron chi connectivity index (χ4n) is 2.11. The van der Waals surface area contributed by atoms with Crippen LogP contribution in [0.15, 0.2) is 0 Å². The monoisotopic (exact) mass is 327 g/mol. The number of rotatable bonds is 5. The molecule has 8 nitrogen and oxygen atoms in total. The molecule has 2 unspecified atom stereocenters. The van der Waals surface area contributed by atoms with Crippen molar-refractivity contribution in [2.24, 2.45) is 11.1 Å².